The van der Waals surface area contributed by atoms with E-state index in [1.54, 1.807) is 42.5 Å². The number of imide groups is 1. The van der Waals surface area contributed by atoms with Crippen molar-refractivity contribution in [3.8, 4) is 5.75 Å². The number of nitrogens with one attached hydrogen (secondary N) is 1. The van der Waals surface area contributed by atoms with Crippen molar-refractivity contribution < 1.29 is 28.7 Å². The lowest BCUT2D eigenvalue weighted by atomic mass is 10.2. The molecule has 2 aromatic carbocycles. The molecule has 31 heavy (non-hydrogen) atoms. The molecule has 1 aliphatic heterocycles. The van der Waals surface area contributed by atoms with Gasteiger partial charge in [-0.05, 0) is 48.2 Å². The first-order valence-corrected chi connectivity index (χ1v) is 10.2. The van der Waals surface area contributed by atoms with E-state index in [-0.39, 0.29) is 17.4 Å². The van der Waals surface area contributed by atoms with Gasteiger partial charge in [-0.3, -0.25) is 24.1 Å². The maximum atomic E-state index is 12.5. The highest BCUT2D eigenvalue weighted by molar-refractivity contribution is 8.18. The standard InChI is InChI=1S/C21H17ClN2O6S/c1-29-19(26)11-24-20(27)17(31-21(24)28)10-13-9-14(22)7-8-16(13)30-12-18(25)23-15-5-3-2-4-6-15/h2-10H,11-12H2,1H3,(H,23,25)/b17-10-. The lowest BCUT2D eigenvalue weighted by molar-refractivity contribution is -0.143. The summed E-state index contributed by atoms with van der Waals surface area (Å²) in [7, 11) is 1.17. The van der Waals surface area contributed by atoms with Gasteiger partial charge in [0.05, 0.1) is 12.0 Å². The zero-order chi connectivity index (χ0) is 22.4. The van der Waals surface area contributed by atoms with Crippen molar-refractivity contribution in [2.45, 2.75) is 0 Å². The molecule has 2 aromatic rings. The zero-order valence-corrected chi connectivity index (χ0v) is 17.9. The number of hydrogen-bond acceptors (Lipinski definition) is 7. The first kappa shape index (κ1) is 22.4. The number of rotatable bonds is 7. The highest BCUT2D eigenvalue weighted by atomic mass is 35.5. The normalized spacial score (nSPS) is 14.6. The maximum Gasteiger partial charge on any atom is 0.325 e. The third kappa shape index (κ3) is 5.87. The van der Waals surface area contributed by atoms with Crippen LogP contribution >= 0.6 is 23.4 Å². The number of thioether (sulfide) groups is 1. The number of esters is 1. The lowest BCUT2D eigenvalue weighted by Gasteiger charge is -2.11. The Bertz CT molecular complexity index is 1060. The molecule has 1 fully saturated rings. The highest BCUT2D eigenvalue weighted by Crippen LogP contribution is 2.34. The van der Waals surface area contributed by atoms with E-state index < -0.39 is 23.7 Å². The number of hydrogen-bond donors (Lipinski definition) is 1. The lowest BCUT2D eigenvalue weighted by Crippen LogP contribution is -2.34. The predicted molar refractivity (Wildman–Crippen MR) is 117 cm³/mol. The minimum absolute atomic E-state index is 0.0924. The van der Waals surface area contributed by atoms with Gasteiger partial charge in [0.25, 0.3) is 17.1 Å². The fraction of sp³-hybridized carbons (Fsp3) is 0.143. The molecule has 8 nitrogen and oxygen atoms in total. The number of halogens is 1. The van der Waals surface area contributed by atoms with Crippen LogP contribution < -0.4 is 10.1 Å². The molecule has 0 spiro atoms. The number of methoxy groups -OCH3 is 1. The Hall–Kier alpha value is -3.30. The summed E-state index contributed by atoms with van der Waals surface area (Å²) < 4.78 is 10.1. The van der Waals surface area contributed by atoms with Crippen LogP contribution in [0.3, 0.4) is 0 Å². The van der Waals surface area contributed by atoms with Gasteiger partial charge in [0.1, 0.15) is 12.3 Å². The topological polar surface area (TPSA) is 102 Å². The molecule has 3 amide bonds. The number of anilines is 1. The predicted octanol–water partition coefficient (Wildman–Crippen LogP) is 3.57. The molecular formula is C21H17ClN2O6S. The molecule has 0 atom stereocenters. The molecule has 0 aromatic heterocycles. The quantitative estimate of drug-likeness (QED) is 0.497. The summed E-state index contributed by atoms with van der Waals surface area (Å²) in [5.74, 6) is -1.41. The average molecular weight is 461 g/mol. The van der Waals surface area contributed by atoms with Crippen LogP contribution in [0.4, 0.5) is 10.5 Å². The molecule has 0 saturated carbocycles. The van der Waals surface area contributed by atoms with Crippen LogP contribution in [0.25, 0.3) is 6.08 Å². The summed E-state index contributed by atoms with van der Waals surface area (Å²) in [6.45, 7) is -0.752. The maximum absolute atomic E-state index is 12.5. The number of nitrogens with zero attached hydrogens (tertiary/aromatic N) is 1. The SMILES string of the molecule is COC(=O)CN1C(=O)S/C(=C\c2cc(Cl)ccc2OCC(=O)Nc2ccccc2)C1=O. The molecule has 1 aliphatic rings. The van der Waals surface area contributed by atoms with Crippen molar-refractivity contribution in [1.29, 1.82) is 0 Å². The minimum atomic E-state index is -0.709. The van der Waals surface area contributed by atoms with Crippen molar-refractivity contribution in [2.75, 3.05) is 25.6 Å². The Labute approximate surface area is 187 Å². The summed E-state index contributed by atoms with van der Waals surface area (Å²) in [6.07, 6.45) is 1.43. The number of benzene rings is 2. The Morgan fingerprint density at radius 2 is 1.90 bits per heavy atom. The van der Waals surface area contributed by atoms with Gasteiger partial charge in [0.2, 0.25) is 0 Å². The van der Waals surface area contributed by atoms with Crippen LogP contribution in [0.15, 0.2) is 53.4 Å². The van der Waals surface area contributed by atoms with E-state index in [1.165, 1.54) is 13.2 Å². The Morgan fingerprint density at radius 1 is 1.16 bits per heavy atom. The number of ether oxygens (including phenoxy) is 2. The highest BCUT2D eigenvalue weighted by Gasteiger charge is 2.36. The number of carbonyl (C=O) groups is 4. The molecule has 3 rings (SSSR count). The van der Waals surface area contributed by atoms with Crippen LogP contribution in [0.1, 0.15) is 5.56 Å². The summed E-state index contributed by atoms with van der Waals surface area (Å²) in [5, 5.41) is 2.49. The van der Waals surface area contributed by atoms with Gasteiger partial charge >= 0.3 is 5.97 Å². The van der Waals surface area contributed by atoms with Crippen LogP contribution in [0.5, 0.6) is 5.75 Å². The second kappa shape index (κ2) is 10.1. The van der Waals surface area contributed by atoms with Crippen molar-refractivity contribution in [3.05, 3.63) is 64.0 Å². The van der Waals surface area contributed by atoms with Crippen molar-refractivity contribution in [2.24, 2.45) is 0 Å². The third-order valence-corrected chi connectivity index (χ3v) is 5.21. The first-order chi connectivity index (χ1) is 14.9. The molecule has 0 unspecified atom stereocenters. The van der Waals surface area contributed by atoms with E-state index >= 15 is 0 Å². The van der Waals surface area contributed by atoms with Gasteiger partial charge in [-0.15, -0.1) is 0 Å². The summed E-state index contributed by atoms with van der Waals surface area (Å²) in [5.41, 5.74) is 1.04. The van der Waals surface area contributed by atoms with E-state index in [9.17, 15) is 19.2 Å². The van der Waals surface area contributed by atoms with E-state index in [2.05, 4.69) is 10.1 Å². The Morgan fingerprint density at radius 3 is 2.61 bits per heavy atom. The van der Waals surface area contributed by atoms with Crippen LogP contribution in [0.2, 0.25) is 5.02 Å². The van der Waals surface area contributed by atoms with E-state index in [4.69, 9.17) is 16.3 Å². The fourth-order valence-corrected chi connectivity index (χ4v) is 3.61. The molecule has 1 saturated heterocycles. The fourth-order valence-electron chi connectivity index (χ4n) is 2.60. The third-order valence-electron chi connectivity index (χ3n) is 4.06. The van der Waals surface area contributed by atoms with Gasteiger partial charge < -0.3 is 14.8 Å². The van der Waals surface area contributed by atoms with Crippen molar-refractivity contribution in [3.63, 3.8) is 0 Å². The molecule has 0 bridgehead atoms. The van der Waals surface area contributed by atoms with Crippen molar-refractivity contribution in [1.82, 2.24) is 4.90 Å². The molecule has 0 radical (unpaired) electrons. The van der Waals surface area contributed by atoms with Gasteiger partial charge in [0.15, 0.2) is 6.61 Å². The number of amides is 3. The van der Waals surface area contributed by atoms with Gasteiger partial charge in [-0.2, -0.15) is 0 Å². The smallest absolute Gasteiger partial charge is 0.325 e. The van der Waals surface area contributed by atoms with Crippen molar-refractivity contribution >= 4 is 58.1 Å². The summed E-state index contributed by atoms with van der Waals surface area (Å²) in [6, 6.07) is 13.6. The Balaban J connectivity index is 1.74. The van der Waals surface area contributed by atoms with E-state index in [0.717, 1.165) is 4.90 Å². The monoisotopic (exact) mass is 460 g/mol. The molecule has 1 heterocycles. The van der Waals surface area contributed by atoms with E-state index in [0.29, 0.717) is 33.8 Å². The minimum Gasteiger partial charge on any atom is -0.483 e. The van der Waals surface area contributed by atoms with Crippen LogP contribution in [-0.4, -0.2) is 48.2 Å². The Kier molecular flexibility index (Phi) is 7.32. The van der Waals surface area contributed by atoms with Gasteiger partial charge in [-0.25, -0.2) is 0 Å². The summed E-state index contributed by atoms with van der Waals surface area (Å²) in [4.78, 5) is 49.1. The number of para-hydroxylation sites is 1. The molecule has 1 N–H and O–H groups in total. The molecular weight excluding hydrogens is 444 g/mol. The second-order valence-electron chi connectivity index (χ2n) is 6.23. The average Bonchev–Trinajstić information content (AvgIpc) is 3.01. The second-order valence-corrected chi connectivity index (χ2v) is 7.66. The van der Waals surface area contributed by atoms with Crippen LogP contribution in [0, 0.1) is 0 Å². The van der Waals surface area contributed by atoms with E-state index in [1.807, 2.05) is 6.07 Å². The zero-order valence-electron chi connectivity index (χ0n) is 16.3. The number of carbonyl (C=O) groups excluding carboxylic acids is 4. The summed E-state index contributed by atoms with van der Waals surface area (Å²) >= 11 is 6.74. The van der Waals surface area contributed by atoms with Crippen LogP contribution in [-0.2, 0) is 19.1 Å². The molecule has 160 valence electrons. The van der Waals surface area contributed by atoms with Gasteiger partial charge in [0, 0.05) is 16.3 Å². The molecule has 10 heteroatoms. The molecule has 0 aliphatic carbocycles. The first-order valence-electron chi connectivity index (χ1n) is 8.97. The van der Waals surface area contributed by atoms with Gasteiger partial charge in [-0.1, -0.05) is 29.8 Å². The largest absolute Gasteiger partial charge is 0.483 e.